The van der Waals surface area contributed by atoms with Crippen LogP contribution in [0.25, 0.3) is 0 Å². The van der Waals surface area contributed by atoms with Crippen LogP contribution in [0.15, 0.2) is 30.3 Å². The van der Waals surface area contributed by atoms with Crippen molar-refractivity contribution in [2.24, 2.45) is 0 Å². The number of carbonyl (C=O) groups excluding carboxylic acids is 2. The van der Waals surface area contributed by atoms with Crippen LogP contribution in [-0.2, 0) is 11.3 Å². The minimum atomic E-state index is -0.402. The number of hydrogen-bond donors (Lipinski definition) is 1. The number of carbonyl (C=O) groups is 2. The molecule has 2 rings (SSSR count). The summed E-state index contributed by atoms with van der Waals surface area (Å²) in [5.74, 6) is -0.571. The molecule has 1 heterocycles. The summed E-state index contributed by atoms with van der Waals surface area (Å²) < 4.78 is 4.67. The van der Waals surface area contributed by atoms with Crippen molar-refractivity contribution >= 4 is 23.2 Å². The lowest BCUT2D eigenvalue weighted by Gasteiger charge is -2.02. The average molecular weight is 290 g/mol. The summed E-state index contributed by atoms with van der Waals surface area (Å²) in [7, 11) is 1.33. The average Bonchev–Trinajstić information content (AvgIpc) is 2.86. The third-order valence-corrected chi connectivity index (χ3v) is 3.79. The van der Waals surface area contributed by atoms with Crippen LogP contribution in [0.5, 0.6) is 0 Å². The lowest BCUT2D eigenvalue weighted by Crippen LogP contribution is -2.22. The number of amides is 1. The van der Waals surface area contributed by atoms with Gasteiger partial charge in [-0.3, -0.25) is 4.79 Å². The zero-order valence-corrected chi connectivity index (χ0v) is 12.0. The van der Waals surface area contributed by atoms with Gasteiger partial charge in [0.2, 0.25) is 0 Å². The molecule has 0 aliphatic heterocycles. The summed E-state index contributed by atoms with van der Waals surface area (Å²) in [6, 6.07) is 8.93. The van der Waals surface area contributed by atoms with E-state index in [4.69, 9.17) is 0 Å². The maximum Gasteiger partial charge on any atom is 0.349 e. The molecule has 20 heavy (non-hydrogen) atoms. The number of aryl methyl sites for hydroxylation is 1. The van der Waals surface area contributed by atoms with Crippen molar-refractivity contribution in [2.45, 2.75) is 13.5 Å². The van der Waals surface area contributed by atoms with E-state index in [9.17, 15) is 9.59 Å². The Hall–Kier alpha value is -2.21. The first-order chi connectivity index (χ1) is 9.61. The fourth-order valence-corrected chi connectivity index (χ4v) is 2.58. The molecule has 1 aromatic heterocycles. The topological polar surface area (TPSA) is 68.3 Å². The van der Waals surface area contributed by atoms with Crippen molar-refractivity contribution in [3.05, 3.63) is 51.5 Å². The predicted molar refractivity (Wildman–Crippen MR) is 75.8 cm³/mol. The molecule has 2 aromatic rings. The number of hydrogen-bond acceptors (Lipinski definition) is 5. The number of esters is 1. The number of benzene rings is 1. The molecule has 6 heteroatoms. The van der Waals surface area contributed by atoms with Crippen LogP contribution in [0.4, 0.5) is 0 Å². The van der Waals surface area contributed by atoms with Gasteiger partial charge in [-0.1, -0.05) is 18.2 Å². The monoisotopic (exact) mass is 290 g/mol. The van der Waals surface area contributed by atoms with Gasteiger partial charge in [0.1, 0.15) is 9.88 Å². The molecule has 0 saturated heterocycles. The third kappa shape index (κ3) is 3.21. The zero-order chi connectivity index (χ0) is 14.5. The molecular weight excluding hydrogens is 276 g/mol. The van der Waals surface area contributed by atoms with Gasteiger partial charge in [0.25, 0.3) is 5.91 Å². The summed E-state index contributed by atoms with van der Waals surface area (Å²) in [5.41, 5.74) is 1.21. The maximum absolute atomic E-state index is 11.9. The molecule has 0 aliphatic rings. The van der Waals surface area contributed by atoms with Crippen molar-refractivity contribution in [1.29, 1.82) is 0 Å². The Morgan fingerprint density at radius 1 is 1.30 bits per heavy atom. The minimum Gasteiger partial charge on any atom is -0.465 e. The molecule has 5 nitrogen and oxygen atoms in total. The lowest BCUT2D eigenvalue weighted by molar-refractivity contribution is 0.0605. The number of nitrogens with one attached hydrogen (secondary N) is 1. The Kier molecular flexibility index (Phi) is 4.47. The van der Waals surface area contributed by atoms with Crippen molar-refractivity contribution in [3.8, 4) is 0 Å². The number of aromatic nitrogens is 1. The molecule has 104 valence electrons. The van der Waals surface area contributed by atoms with E-state index in [1.807, 2.05) is 6.07 Å². The van der Waals surface area contributed by atoms with E-state index >= 15 is 0 Å². The first-order valence-electron chi connectivity index (χ1n) is 5.99. The molecule has 1 N–H and O–H groups in total. The number of thiazole rings is 1. The van der Waals surface area contributed by atoms with Crippen LogP contribution in [-0.4, -0.2) is 24.0 Å². The van der Waals surface area contributed by atoms with Crippen LogP contribution < -0.4 is 5.32 Å². The molecule has 0 aliphatic carbocycles. The summed E-state index contributed by atoms with van der Waals surface area (Å²) in [6.45, 7) is 2.03. The van der Waals surface area contributed by atoms with Gasteiger partial charge in [-0.15, -0.1) is 11.3 Å². The van der Waals surface area contributed by atoms with Gasteiger partial charge >= 0.3 is 5.97 Å². The second kappa shape index (κ2) is 6.29. The first kappa shape index (κ1) is 14.2. The van der Waals surface area contributed by atoms with E-state index in [1.54, 1.807) is 31.2 Å². The van der Waals surface area contributed by atoms with Crippen LogP contribution >= 0.6 is 11.3 Å². The van der Waals surface area contributed by atoms with Gasteiger partial charge in [0.05, 0.1) is 19.3 Å². The molecular formula is C14H14N2O3S. The van der Waals surface area contributed by atoms with Crippen LogP contribution in [0, 0.1) is 6.92 Å². The van der Waals surface area contributed by atoms with Gasteiger partial charge in [-0.25, -0.2) is 9.78 Å². The van der Waals surface area contributed by atoms with Gasteiger partial charge in [-0.05, 0) is 19.1 Å². The van der Waals surface area contributed by atoms with Crippen molar-refractivity contribution < 1.29 is 14.3 Å². The van der Waals surface area contributed by atoms with E-state index < -0.39 is 5.97 Å². The predicted octanol–water partition coefficient (Wildman–Crippen LogP) is 2.17. The highest BCUT2D eigenvalue weighted by atomic mass is 32.1. The molecule has 0 radical (unpaired) electrons. The Balaban J connectivity index is 2.01. The minimum absolute atomic E-state index is 0.168. The largest absolute Gasteiger partial charge is 0.465 e. The first-order valence-corrected chi connectivity index (χ1v) is 6.81. The van der Waals surface area contributed by atoms with Gasteiger partial charge in [0, 0.05) is 5.56 Å². The fraction of sp³-hybridized carbons (Fsp3) is 0.214. The highest BCUT2D eigenvalue weighted by molar-refractivity contribution is 7.13. The van der Waals surface area contributed by atoms with E-state index in [1.165, 1.54) is 18.4 Å². The maximum atomic E-state index is 11.9. The van der Waals surface area contributed by atoms with E-state index in [-0.39, 0.29) is 12.5 Å². The van der Waals surface area contributed by atoms with Crippen LogP contribution in [0.2, 0.25) is 0 Å². The fourth-order valence-electron chi connectivity index (χ4n) is 1.66. The molecule has 0 saturated carbocycles. The van der Waals surface area contributed by atoms with Crippen molar-refractivity contribution in [1.82, 2.24) is 10.3 Å². The van der Waals surface area contributed by atoms with E-state index in [0.29, 0.717) is 21.1 Å². The molecule has 0 bridgehead atoms. The number of ether oxygens (including phenoxy) is 1. The Labute approximate surface area is 120 Å². The highest BCUT2D eigenvalue weighted by Crippen LogP contribution is 2.18. The zero-order valence-electron chi connectivity index (χ0n) is 11.2. The van der Waals surface area contributed by atoms with Gasteiger partial charge < -0.3 is 10.1 Å². The molecule has 0 spiro atoms. The lowest BCUT2D eigenvalue weighted by atomic mass is 10.2. The Bertz CT molecular complexity index is 623. The molecule has 0 unspecified atom stereocenters. The smallest absolute Gasteiger partial charge is 0.349 e. The SMILES string of the molecule is COC(=O)c1sc(CNC(=O)c2ccccc2)nc1C. The summed E-state index contributed by atoms with van der Waals surface area (Å²) in [5, 5.41) is 3.44. The van der Waals surface area contributed by atoms with Gasteiger partial charge in [-0.2, -0.15) is 0 Å². The van der Waals surface area contributed by atoms with E-state index in [0.717, 1.165) is 0 Å². The second-order valence-corrected chi connectivity index (χ2v) is 5.15. The molecule has 0 atom stereocenters. The summed E-state index contributed by atoms with van der Waals surface area (Å²) in [4.78, 5) is 28.1. The second-order valence-electron chi connectivity index (χ2n) is 4.06. The Morgan fingerprint density at radius 2 is 2.00 bits per heavy atom. The van der Waals surface area contributed by atoms with Crippen molar-refractivity contribution in [2.75, 3.05) is 7.11 Å². The quantitative estimate of drug-likeness (QED) is 0.876. The standard InChI is InChI=1S/C14H14N2O3S/c1-9-12(14(18)19-2)20-11(16-9)8-15-13(17)10-6-4-3-5-7-10/h3-7H,8H2,1-2H3,(H,15,17). The number of methoxy groups -OCH3 is 1. The highest BCUT2D eigenvalue weighted by Gasteiger charge is 2.16. The molecule has 0 fully saturated rings. The van der Waals surface area contributed by atoms with Gasteiger partial charge in [0.15, 0.2) is 0 Å². The number of nitrogens with zero attached hydrogens (tertiary/aromatic N) is 1. The number of rotatable bonds is 4. The third-order valence-electron chi connectivity index (χ3n) is 2.65. The van der Waals surface area contributed by atoms with Crippen LogP contribution in [0.3, 0.4) is 0 Å². The molecule has 1 aromatic carbocycles. The summed E-state index contributed by atoms with van der Waals surface area (Å²) >= 11 is 1.23. The normalized spacial score (nSPS) is 10.1. The van der Waals surface area contributed by atoms with Crippen molar-refractivity contribution in [3.63, 3.8) is 0 Å². The Morgan fingerprint density at radius 3 is 2.65 bits per heavy atom. The molecule has 1 amide bonds. The van der Waals surface area contributed by atoms with Crippen LogP contribution in [0.1, 0.15) is 30.7 Å². The van der Waals surface area contributed by atoms with E-state index in [2.05, 4.69) is 15.0 Å². The summed E-state index contributed by atoms with van der Waals surface area (Å²) in [6.07, 6.45) is 0.